The summed E-state index contributed by atoms with van der Waals surface area (Å²) in [6, 6.07) is 3.70. The summed E-state index contributed by atoms with van der Waals surface area (Å²) < 4.78 is 11.9. The number of rotatable bonds is 5. The fourth-order valence-corrected chi connectivity index (χ4v) is 6.06. The summed E-state index contributed by atoms with van der Waals surface area (Å²) in [5.74, 6) is 2.15. The lowest BCUT2D eigenvalue weighted by atomic mass is 9.63. The maximum Gasteiger partial charge on any atom is 0.254 e. The lowest BCUT2D eigenvalue weighted by molar-refractivity contribution is -0.140. The van der Waals surface area contributed by atoms with E-state index in [0.29, 0.717) is 29.9 Å². The quantitative estimate of drug-likeness (QED) is 0.274. The molecule has 6 nitrogen and oxygen atoms in total. The second kappa shape index (κ2) is 6.57. The second-order valence-corrected chi connectivity index (χ2v) is 9.02. The lowest BCUT2D eigenvalue weighted by Crippen LogP contribution is -2.40. The molecule has 1 aliphatic heterocycles. The summed E-state index contributed by atoms with van der Waals surface area (Å²) in [5.41, 5.74) is 0.754. The predicted octanol–water partition coefficient (Wildman–Crippen LogP) is 3.09. The minimum Gasteiger partial charge on any atom is -0.493 e. The number of imide groups is 1. The molecule has 0 spiro atoms. The summed E-state index contributed by atoms with van der Waals surface area (Å²) >= 11 is 2.18. The predicted molar refractivity (Wildman–Crippen MR) is 111 cm³/mol. The van der Waals surface area contributed by atoms with Crippen LogP contribution < -0.4 is 9.47 Å². The first-order valence-corrected chi connectivity index (χ1v) is 10.7. The molecule has 2 amide bonds. The molecule has 5 aliphatic rings. The van der Waals surface area contributed by atoms with E-state index in [0.717, 1.165) is 20.6 Å². The number of amides is 2. The third kappa shape index (κ3) is 2.54. The Morgan fingerprint density at radius 2 is 1.82 bits per heavy atom. The van der Waals surface area contributed by atoms with Gasteiger partial charge in [0.2, 0.25) is 0 Å². The maximum atomic E-state index is 13.0. The molecule has 2 saturated carbocycles. The van der Waals surface area contributed by atoms with Crippen LogP contribution in [-0.4, -0.2) is 36.8 Å². The molecule has 1 aromatic rings. The number of nitrogens with zero attached hydrogens (tertiary/aromatic N) is 2. The van der Waals surface area contributed by atoms with E-state index in [4.69, 9.17) is 9.47 Å². The van der Waals surface area contributed by atoms with Crippen LogP contribution in [0.1, 0.15) is 18.9 Å². The Labute approximate surface area is 177 Å². The smallest absolute Gasteiger partial charge is 0.254 e. The van der Waals surface area contributed by atoms with Crippen molar-refractivity contribution in [2.24, 2.45) is 40.6 Å². The molecule has 6 atom stereocenters. The molecule has 0 radical (unpaired) electrons. The highest BCUT2D eigenvalue weighted by molar-refractivity contribution is 14.1. The molecule has 0 unspecified atom stereocenters. The summed E-state index contributed by atoms with van der Waals surface area (Å²) in [4.78, 5) is 25.9. The maximum absolute atomic E-state index is 13.0. The summed E-state index contributed by atoms with van der Waals surface area (Å²) in [6.07, 6.45) is 7.04. The van der Waals surface area contributed by atoms with Crippen LogP contribution in [0.2, 0.25) is 0 Å². The molecule has 1 aromatic carbocycles. The number of allylic oxidation sites excluding steroid dienone is 2. The molecule has 7 heteroatoms. The number of methoxy groups -OCH3 is 1. The van der Waals surface area contributed by atoms with Gasteiger partial charge in [-0.05, 0) is 77.3 Å². The van der Waals surface area contributed by atoms with Gasteiger partial charge in [-0.15, -0.1) is 0 Å². The van der Waals surface area contributed by atoms with Gasteiger partial charge in [0.25, 0.3) is 11.8 Å². The molecule has 2 bridgehead atoms. The number of hydrogen-bond donors (Lipinski definition) is 0. The van der Waals surface area contributed by atoms with Crippen molar-refractivity contribution in [1.82, 2.24) is 5.01 Å². The van der Waals surface area contributed by atoms with Crippen LogP contribution in [0.4, 0.5) is 0 Å². The zero-order valence-electron chi connectivity index (χ0n) is 15.7. The number of hydrogen-bond acceptors (Lipinski definition) is 5. The highest BCUT2D eigenvalue weighted by Gasteiger charge is 2.67. The molecule has 28 heavy (non-hydrogen) atoms. The van der Waals surface area contributed by atoms with Gasteiger partial charge in [0.15, 0.2) is 11.5 Å². The third-order valence-electron chi connectivity index (χ3n) is 6.50. The van der Waals surface area contributed by atoms with Crippen molar-refractivity contribution < 1.29 is 19.1 Å². The minimum atomic E-state index is -0.224. The molecule has 0 N–H and O–H groups in total. The molecule has 1 saturated heterocycles. The Bertz CT molecular complexity index is 891. The van der Waals surface area contributed by atoms with E-state index >= 15 is 0 Å². The molecule has 146 valence electrons. The normalized spacial score (nSPS) is 34.8. The Morgan fingerprint density at radius 3 is 2.39 bits per heavy atom. The van der Waals surface area contributed by atoms with Gasteiger partial charge in [0.1, 0.15) is 0 Å². The van der Waals surface area contributed by atoms with E-state index in [1.807, 2.05) is 13.0 Å². The van der Waals surface area contributed by atoms with Crippen molar-refractivity contribution in [1.29, 1.82) is 0 Å². The summed E-state index contributed by atoms with van der Waals surface area (Å²) in [7, 11) is 1.58. The number of hydrazone groups is 1. The van der Waals surface area contributed by atoms with Crippen LogP contribution in [0.15, 0.2) is 29.4 Å². The highest BCUT2D eigenvalue weighted by atomic mass is 127. The van der Waals surface area contributed by atoms with Gasteiger partial charge in [0, 0.05) is 0 Å². The lowest BCUT2D eigenvalue weighted by Gasteiger charge is -2.37. The first-order chi connectivity index (χ1) is 13.5. The van der Waals surface area contributed by atoms with Gasteiger partial charge >= 0.3 is 0 Å². The topological polar surface area (TPSA) is 68.2 Å². The van der Waals surface area contributed by atoms with Gasteiger partial charge in [-0.2, -0.15) is 10.1 Å². The van der Waals surface area contributed by atoms with E-state index in [-0.39, 0.29) is 35.5 Å². The Kier molecular flexibility index (Phi) is 4.26. The van der Waals surface area contributed by atoms with Crippen LogP contribution in [0.3, 0.4) is 0 Å². The molecular formula is C21H21IN2O4. The largest absolute Gasteiger partial charge is 0.493 e. The van der Waals surface area contributed by atoms with Gasteiger partial charge in [-0.1, -0.05) is 12.2 Å². The SMILES string of the molecule is CCOc1c(I)cc(/C=N\N2C(=O)[C@@H]3[C@H]4C=C[C@@H]([C@@H]5C[C@@H]45)[C@@H]3C2=O)cc1OC. The fraction of sp³-hybridized carbons (Fsp3) is 0.476. The standard InChI is InChI=1S/C21H21IN2O4/c1-3-28-19-15(22)6-10(7-16(19)27-2)9-23-24-20(25)17-11-4-5-12(14-8-13(11)14)18(17)21(24)26/h4-7,9,11-14,17-18H,3,8H2,1-2H3/b23-9-/t11-,12-,13-,14-,17-,18+/m0/s1. The van der Waals surface area contributed by atoms with Crippen molar-refractivity contribution >= 4 is 40.6 Å². The highest BCUT2D eigenvalue weighted by Crippen LogP contribution is 2.65. The van der Waals surface area contributed by atoms with E-state index < -0.39 is 0 Å². The van der Waals surface area contributed by atoms with E-state index in [9.17, 15) is 9.59 Å². The van der Waals surface area contributed by atoms with Gasteiger partial charge in [-0.3, -0.25) is 9.59 Å². The van der Waals surface area contributed by atoms with Crippen LogP contribution in [0.5, 0.6) is 11.5 Å². The minimum absolute atomic E-state index is 0.149. The average Bonchev–Trinajstić information content (AvgIpc) is 3.47. The molecule has 6 rings (SSSR count). The van der Waals surface area contributed by atoms with E-state index in [1.165, 1.54) is 0 Å². The van der Waals surface area contributed by atoms with Gasteiger partial charge in [-0.25, -0.2) is 0 Å². The monoisotopic (exact) mass is 492 g/mol. The van der Waals surface area contributed by atoms with E-state index in [1.54, 1.807) is 19.4 Å². The van der Waals surface area contributed by atoms with Crippen LogP contribution in [0, 0.1) is 39.1 Å². The summed E-state index contributed by atoms with van der Waals surface area (Å²) in [5, 5.41) is 5.39. The number of carbonyl (C=O) groups is 2. The number of benzene rings is 1. The van der Waals surface area contributed by atoms with Crippen molar-refractivity contribution in [2.45, 2.75) is 13.3 Å². The first kappa shape index (κ1) is 18.1. The second-order valence-electron chi connectivity index (χ2n) is 7.85. The molecule has 4 aliphatic carbocycles. The third-order valence-corrected chi connectivity index (χ3v) is 7.30. The van der Waals surface area contributed by atoms with E-state index in [2.05, 4.69) is 39.8 Å². The number of ether oxygens (including phenoxy) is 2. The number of carbonyl (C=O) groups excluding carboxylic acids is 2. The zero-order chi connectivity index (χ0) is 19.6. The Balaban J connectivity index is 1.41. The molecule has 0 aromatic heterocycles. The van der Waals surface area contributed by atoms with Crippen LogP contribution >= 0.6 is 22.6 Å². The van der Waals surface area contributed by atoms with Crippen molar-refractivity contribution in [3.8, 4) is 11.5 Å². The molecular weight excluding hydrogens is 471 g/mol. The zero-order valence-corrected chi connectivity index (χ0v) is 17.8. The van der Waals surface area contributed by atoms with Crippen molar-refractivity contribution in [3.63, 3.8) is 0 Å². The average molecular weight is 492 g/mol. The number of halogens is 1. The van der Waals surface area contributed by atoms with Crippen molar-refractivity contribution in [2.75, 3.05) is 13.7 Å². The first-order valence-electron chi connectivity index (χ1n) is 9.65. The van der Waals surface area contributed by atoms with Crippen LogP contribution in [0.25, 0.3) is 0 Å². The molecule has 3 fully saturated rings. The molecule has 1 heterocycles. The van der Waals surface area contributed by atoms with Crippen molar-refractivity contribution in [3.05, 3.63) is 33.4 Å². The Morgan fingerprint density at radius 1 is 1.18 bits per heavy atom. The van der Waals surface area contributed by atoms with Gasteiger partial charge in [0.05, 0.1) is 35.3 Å². The summed E-state index contributed by atoms with van der Waals surface area (Å²) in [6.45, 7) is 2.46. The van der Waals surface area contributed by atoms with Gasteiger partial charge < -0.3 is 9.47 Å². The van der Waals surface area contributed by atoms with Crippen LogP contribution in [-0.2, 0) is 9.59 Å². The Hall–Kier alpha value is -1.90. The fourth-order valence-electron chi connectivity index (χ4n) is 5.28.